The first-order chi connectivity index (χ1) is 12.3. The summed E-state index contributed by atoms with van der Waals surface area (Å²) in [4.78, 5) is 12.1. The zero-order valence-corrected chi connectivity index (χ0v) is 13.9. The van der Waals surface area contributed by atoms with E-state index >= 15 is 0 Å². The van der Waals surface area contributed by atoms with Gasteiger partial charge in [-0.25, -0.2) is 0 Å². The first kappa shape index (κ1) is 16.6. The number of rotatable bonds is 7. The van der Waals surface area contributed by atoms with Gasteiger partial charge in [0.1, 0.15) is 5.82 Å². The van der Waals surface area contributed by atoms with Crippen molar-refractivity contribution in [1.29, 1.82) is 0 Å². The fraction of sp³-hybridized carbons (Fsp3) is 0.150. The number of hydrogen-bond acceptors (Lipinski definition) is 4. The molecule has 0 unspecified atom stereocenters. The first-order valence-corrected chi connectivity index (χ1v) is 8.25. The molecule has 0 fully saturated rings. The molecule has 126 valence electrons. The summed E-state index contributed by atoms with van der Waals surface area (Å²) in [7, 11) is 0. The molecule has 0 radical (unpaired) electrons. The fourth-order valence-corrected chi connectivity index (χ4v) is 2.39. The molecule has 3 rings (SSSR count). The molecule has 0 aliphatic heterocycles. The number of benzene rings is 2. The van der Waals surface area contributed by atoms with E-state index in [1.165, 1.54) is 5.56 Å². The zero-order chi connectivity index (χ0) is 17.3. The molecule has 1 amide bonds. The number of carbonyl (C=O) groups is 1. The van der Waals surface area contributed by atoms with Gasteiger partial charge in [0.25, 0.3) is 5.91 Å². The molecule has 2 aromatic carbocycles. The lowest BCUT2D eigenvalue weighted by Gasteiger charge is -2.07. The van der Waals surface area contributed by atoms with Crippen LogP contribution < -0.4 is 10.6 Å². The standard InChI is InChI=1S/C20H20N4O/c25-20(21-14-13-16-7-3-1-4-8-16)18-11-12-19(24-23-18)22-15-17-9-5-2-6-10-17/h1-12H,13-15H2,(H,21,25)(H,22,24). The van der Waals surface area contributed by atoms with Crippen LogP contribution in [0.3, 0.4) is 0 Å². The highest BCUT2D eigenvalue weighted by molar-refractivity contribution is 5.92. The van der Waals surface area contributed by atoms with Gasteiger partial charge in [0.05, 0.1) is 0 Å². The van der Waals surface area contributed by atoms with Crippen molar-refractivity contribution < 1.29 is 4.79 Å². The Bertz CT molecular complexity index is 789. The molecule has 0 saturated heterocycles. The third-order valence-corrected chi connectivity index (χ3v) is 3.76. The van der Waals surface area contributed by atoms with Crippen LogP contribution in [0.5, 0.6) is 0 Å². The molecule has 1 aromatic heterocycles. The fourth-order valence-electron chi connectivity index (χ4n) is 2.39. The highest BCUT2D eigenvalue weighted by atomic mass is 16.1. The van der Waals surface area contributed by atoms with Crippen LogP contribution >= 0.6 is 0 Å². The third-order valence-electron chi connectivity index (χ3n) is 3.76. The largest absolute Gasteiger partial charge is 0.365 e. The lowest BCUT2D eigenvalue weighted by molar-refractivity contribution is 0.0948. The van der Waals surface area contributed by atoms with Gasteiger partial charge in [-0.15, -0.1) is 10.2 Å². The number of nitrogens with one attached hydrogen (secondary N) is 2. The van der Waals surface area contributed by atoms with Crippen LogP contribution in [-0.2, 0) is 13.0 Å². The molecule has 0 atom stereocenters. The number of nitrogens with zero attached hydrogens (tertiary/aromatic N) is 2. The summed E-state index contributed by atoms with van der Waals surface area (Å²) in [6.45, 7) is 1.23. The van der Waals surface area contributed by atoms with Crippen molar-refractivity contribution in [3.63, 3.8) is 0 Å². The summed E-state index contributed by atoms with van der Waals surface area (Å²) in [5.74, 6) is 0.433. The first-order valence-electron chi connectivity index (χ1n) is 8.25. The van der Waals surface area contributed by atoms with Gasteiger partial charge < -0.3 is 10.6 Å². The second-order valence-corrected chi connectivity index (χ2v) is 5.63. The Hall–Kier alpha value is -3.21. The van der Waals surface area contributed by atoms with Gasteiger partial charge in [0.15, 0.2) is 5.69 Å². The van der Waals surface area contributed by atoms with Crippen LogP contribution in [0, 0.1) is 0 Å². The van der Waals surface area contributed by atoms with Crippen molar-refractivity contribution in [2.75, 3.05) is 11.9 Å². The number of amides is 1. The maximum Gasteiger partial charge on any atom is 0.271 e. The monoisotopic (exact) mass is 332 g/mol. The van der Waals surface area contributed by atoms with Crippen LogP contribution in [0.2, 0.25) is 0 Å². The molecular formula is C20H20N4O. The van der Waals surface area contributed by atoms with Crippen LogP contribution in [0.25, 0.3) is 0 Å². The van der Waals surface area contributed by atoms with Crippen molar-refractivity contribution >= 4 is 11.7 Å². The van der Waals surface area contributed by atoms with Crippen molar-refractivity contribution in [2.24, 2.45) is 0 Å². The molecule has 0 saturated carbocycles. The summed E-state index contributed by atoms with van der Waals surface area (Å²) < 4.78 is 0. The molecule has 3 aromatic rings. The molecule has 0 bridgehead atoms. The summed E-state index contributed by atoms with van der Waals surface area (Å²) >= 11 is 0. The Kier molecular flexibility index (Phi) is 5.72. The Morgan fingerprint density at radius 3 is 2.12 bits per heavy atom. The molecule has 0 aliphatic carbocycles. The minimum Gasteiger partial charge on any atom is -0.365 e. The Labute approximate surface area is 147 Å². The topological polar surface area (TPSA) is 66.9 Å². The predicted molar refractivity (Wildman–Crippen MR) is 98.3 cm³/mol. The van der Waals surface area contributed by atoms with Crippen molar-refractivity contribution in [3.05, 3.63) is 89.6 Å². The van der Waals surface area contributed by atoms with Crippen LogP contribution in [0.4, 0.5) is 5.82 Å². The minimum absolute atomic E-state index is 0.210. The summed E-state index contributed by atoms with van der Waals surface area (Å²) in [5, 5.41) is 14.1. The van der Waals surface area contributed by atoms with Gasteiger partial charge in [-0.2, -0.15) is 0 Å². The second kappa shape index (κ2) is 8.59. The van der Waals surface area contributed by atoms with Gasteiger partial charge >= 0.3 is 0 Å². The Balaban J connectivity index is 1.47. The number of carbonyl (C=O) groups excluding carboxylic acids is 1. The third kappa shape index (κ3) is 5.14. The number of hydrogen-bond donors (Lipinski definition) is 2. The molecule has 2 N–H and O–H groups in total. The highest BCUT2D eigenvalue weighted by Gasteiger charge is 2.07. The molecular weight excluding hydrogens is 312 g/mol. The normalized spacial score (nSPS) is 10.2. The van der Waals surface area contributed by atoms with E-state index in [-0.39, 0.29) is 5.91 Å². The average Bonchev–Trinajstić information content (AvgIpc) is 2.68. The van der Waals surface area contributed by atoms with Crippen LogP contribution in [0.15, 0.2) is 72.8 Å². The van der Waals surface area contributed by atoms with Crippen molar-refractivity contribution in [1.82, 2.24) is 15.5 Å². The molecule has 25 heavy (non-hydrogen) atoms. The van der Waals surface area contributed by atoms with Gasteiger partial charge in [0.2, 0.25) is 0 Å². The molecule has 5 heteroatoms. The Morgan fingerprint density at radius 1 is 0.800 bits per heavy atom. The SMILES string of the molecule is O=C(NCCc1ccccc1)c1ccc(NCc2ccccc2)nn1. The zero-order valence-electron chi connectivity index (χ0n) is 13.9. The van der Waals surface area contributed by atoms with Gasteiger partial charge in [-0.05, 0) is 29.7 Å². The molecule has 0 spiro atoms. The highest BCUT2D eigenvalue weighted by Crippen LogP contribution is 2.06. The van der Waals surface area contributed by atoms with Crippen LogP contribution in [0.1, 0.15) is 21.6 Å². The number of anilines is 1. The summed E-state index contributed by atoms with van der Waals surface area (Å²) in [6.07, 6.45) is 0.788. The lowest BCUT2D eigenvalue weighted by atomic mass is 10.1. The van der Waals surface area contributed by atoms with Gasteiger partial charge in [-0.3, -0.25) is 4.79 Å². The van der Waals surface area contributed by atoms with E-state index in [1.54, 1.807) is 12.1 Å². The van der Waals surface area contributed by atoms with Gasteiger partial charge in [-0.1, -0.05) is 60.7 Å². The van der Waals surface area contributed by atoms with E-state index in [4.69, 9.17) is 0 Å². The Morgan fingerprint density at radius 2 is 1.48 bits per heavy atom. The van der Waals surface area contributed by atoms with E-state index in [9.17, 15) is 4.79 Å². The second-order valence-electron chi connectivity index (χ2n) is 5.63. The minimum atomic E-state index is -0.210. The molecule has 0 aliphatic rings. The maximum absolute atomic E-state index is 12.1. The molecule has 1 heterocycles. The van der Waals surface area contributed by atoms with E-state index in [2.05, 4.69) is 20.8 Å². The number of aromatic nitrogens is 2. The van der Waals surface area contributed by atoms with Crippen LogP contribution in [-0.4, -0.2) is 22.6 Å². The van der Waals surface area contributed by atoms with E-state index < -0.39 is 0 Å². The predicted octanol–water partition coefficient (Wildman–Crippen LogP) is 3.06. The lowest BCUT2D eigenvalue weighted by Crippen LogP contribution is -2.26. The van der Waals surface area contributed by atoms with Crippen molar-refractivity contribution in [3.8, 4) is 0 Å². The molecule has 5 nitrogen and oxygen atoms in total. The van der Waals surface area contributed by atoms with Gasteiger partial charge in [0, 0.05) is 13.1 Å². The van der Waals surface area contributed by atoms with E-state index in [1.807, 2.05) is 60.7 Å². The average molecular weight is 332 g/mol. The van der Waals surface area contributed by atoms with Crippen molar-refractivity contribution in [2.45, 2.75) is 13.0 Å². The van der Waals surface area contributed by atoms with E-state index in [0.717, 1.165) is 12.0 Å². The summed E-state index contributed by atoms with van der Waals surface area (Å²) in [6, 6.07) is 23.5. The smallest absolute Gasteiger partial charge is 0.271 e. The maximum atomic E-state index is 12.1. The summed E-state index contributed by atoms with van der Waals surface area (Å²) in [5.41, 5.74) is 2.67. The van der Waals surface area contributed by atoms with E-state index in [0.29, 0.717) is 24.6 Å². The quantitative estimate of drug-likeness (QED) is 0.698.